The maximum Gasteiger partial charge on any atom is 0.248 e. The van der Waals surface area contributed by atoms with Crippen molar-refractivity contribution in [3.05, 3.63) is 58.1 Å². The number of hydrogen-bond acceptors (Lipinski definition) is 5. The van der Waals surface area contributed by atoms with Crippen LogP contribution in [-0.4, -0.2) is 16.1 Å². The molecule has 0 saturated heterocycles. The molecule has 3 rings (SSSR count). The summed E-state index contributed by atoms with van der Waals surface area (Å²) < 4.78 is 5.60. The largest absolute Gasteiger partial charge is 0.421 e. The first-order valence-corrected chi connectivity index (χ1v) is 9.33. The predicted molar refractivity (Wildman–Crippen MR) is 98.3 cm³/mol. The smallest absolute Gasteiger partial charge is 0.248 e. The molecule has 130 valence electrons. The maximum absolute atomic E-state index is 12.2. The van der Waals surface area contributed by atoms with Crippen LogP contribution >= 0.6 is 11.3 Å². The number of nitrogens with one attached hydrogen (secondary N) is 1. The summed E-state index contributed by atoms with van der Waals surface area (Å²) in [6.07, 6.45) is 1.77. The van der Waals surface area contributed by atoms with Crippen LogP contribution in [0.1, 0.15) is 43.3 Å². The molecule has 0 radical (unpaired) electrons. The van der Waals surface area contributed by atoms with Gasteiger partial charge in [-0.15, -0.1) is 10.2 Å². The number of carbonyl (C=O) groups excluding carboxylic acids is 1. The zero-order valence-electron chi connectivity index (χ0n) is 14.4. The second-order valence-corrected chi connectivity index (χ2v) is 6.68. The van der Waals surface area contributed by atoms with Gasteiger partial charge in [0.25, 0.3) is 0 Å². The molecule has 0 bridgehead atoms. The molecule has 1 aromatic carbocycles. The Kier molecular flexibility index (Phi) is 5.60. The molecule has 0 fully saturated rings. The van der Waals surface area contributed by atoms with E-state index in [2.05, 4.69) is 46.7 Å². The molecule has 0 saturated carbocycles. The van der Waals surface area contributed by atoms with E-state index in [1.54, 1.807) is 11.3 Å². The number of rotatable bonds is 7. The Morgan fingerprint density at radius 1 is 1.24 bits per heavy atom. The molecule has 2 aromatic heterocycles. The van der Waals surface area contributed by atoms with Crippen molar-refractivity contribution in [1.82, 2.24) is 15.5 Å². The number of aryl methyl sites for hydroxylation is 2. The second-order valence-electron chi connectivity index (χ2n) is 5.90. The van der Waals surface area contributed by atoms with Gasteiger partial charge in [0.1, 0.15) is 0 Å². The molecular formula is C19H21N3O2S. The molecule has 25 heavy (non-hydrogen) atoms. The maximum atomic E-state index is 12.2. The molecule has 0 aliphatic carbocycles. The number of amides is 1. The third-order valence-corrected chi connectivity index (χ3v) is 4.75. The Balaban J connectivity index is 1.50. The Morgan fingerprint density at radius 3 is 2.72 bits per heavy atom. The first-order chi connectivity index (χ1) is 12.2. The van der Waals surface area contributed by atoms with E-state index in [4.69, 9.17) is 4.42 Å². The molecule has 1 unspecified atom stereocenters. The first kappa shape index (κ1) is 17.4. The van der Waals surface area contributed by atoms with E-state index < -0.39 is 0 Å². The SMILES string of the molecule is CCc1ccc(C(C)NC(=O)CCc2nnc(-c3ccsc3)o2)cc1. The highest BCUT2D eigenvalue weighted by Crippen LogP contribution is 2.21. The lowest BCUT2D eigenvalue weighted by Crippen LogP contribution is -2.26. The standard InChI is InChI=1S/C19H21N3O2S/c1-3-14-4-6-15(7-5-14)13(2)20-17(23)8-9-18-21-22-19(24-18)16-10-11-25-12-16/h4-7,10-13H,3,8-9H2,1-2H3,(H,20,23). The van der Waals surface area contributed by atoms with E-state index in [-0.39, 0.29) is 11.9 Å². The number of aromatic nitrogens is 2. The quantitative estimate of drug-likeness (QED) is 0.691. The average molecular weight is 355 g/mol. The highest BCUT2D eigenvalue weighted by Gasteiger charge is 2.13. The van der Waals surface area contributed by atoms with Crippen LogP contribution in [0, 0.1) is 0 Å². The monoisotopic (exact) mass is 355 g/mol. The first-order valence-electron chi connectivity index (χ1n) is 8.39. The van der Waals surface area contributed by atoms with Crippen molar-refractivity contribution in [2.45, 2.75) is 39.2 Å². The topological polar surface area (TPSA) is 68.0 Å². The van der Waals surface area contributed by atoms with E-state index in [1.807, 2.05) is 23.8 Å². The number of hydrogen-bond donors (Lipinski definition) is 1. The number of nitrogens with zero attached hydrogens (tertiary/aromatic N) is 2. The number of carbonyl (C=O) groups is 1. The zero-order valence-corrected chi connectivity index (χ0v) is 15.2. The molecule has 3 aromatic rings. The van der Waals surface area contributed by atoms with Crippen LogP contribution in [0.25, 0.3) is 11.5 Å². The van der Waals surface area contributed by atoms with Crippen LogP contribution in [-0.2, 0) is 17.6 Å². The Hall–Kier alpha value is -2.47. The summed E-state index contributed by atoms with van der Waals surface area (Å²) in [7, 11) is 0. The van der Waals surface area contributed by atoms with Gasteiger partial charge in [0.2, 0.25) is 17.7 Å². The van der Waals surface area contributed by atoms with Crippen molar-refractivity contribution in [2.75, 3.05) is 0 Å². The van der Waals surface area contributed by atoms with Crippen molar-refractivity contribution in [2.24, 2.45) is 0 Å². The van der Waals surface area contributed by atoms with Gasteiger partial charge in [0, 0.05) is 23.8 Å². The highest BCUT2D eigenvalue weighted by atomic mass is 32.1. The predicted octanol–water partition coefficient (Wildman–Crippen LogP) is 4.17. The van der Waals surface area contributed by atoms with Gasteiger partial charge in [-0.2, -0.15) is 11.3 Å². The molecule has 0 spiro atoms. The fraction of sp³-hybridized carbons (Fsp3) is 0.316. The summed E-state index contributed by atoms with van der Waals surface area (Å²) in [4.78, 5) is 12.2. The fourth-order valence-corrected chi connectivity index (χ4v) is 3.15. The minimum atomic E-state index is -0.0256. The van der Waals surface area contributed by atoms with E-state index in [9.17, 15) is 4.79 Å². The van der Waals surface area contributed by atoms with Crippen molar-refractivity contribution < 1.29 is 9.21 Å². The molecular weight excluding hydrogens is 334 g/mol. The molecule has 0 aliphatic heterocycles. The van der Waals surface area contributed by atoms with Crippen molar-refractivity contribution in [3.8, 4) is 11.5 Å². The van der Waals surface area contributed by atoms with Crippen LogP contribution in [0.5, 0.6) is 0 Å². The van der Waals surface area contributed by atoms with Gasteiger partial charge in [-0.25, -0.2) is 0 Å². The number of thiophene rings is 1. The normalized spacial score (nSPS) is 12.1. The zero-order chi connectivity index (χ0) is 17.6. The summed E-state index contributed by atoms with van der Waals surface area (Å²) >= 11 is 1.58. The fourth-order valence-electron chi connectivity index (χ4n) is 2.52. The van der Waals surface area contributed by atoms with Crippen molar-refractivity contribution in [3.63, 3.8) is 0 Å². The molecule has 2 heterocycles. The van der Waals surface area contributed by atoms with Crippen LogP contribution < -0.4 is 5.32 Å². The van der Waals surface area contributed by atoms with Crippen LogP contribution in [0.3, 0.4) is 0 Å². The van der Waals surface area contributed by atoms with Gasteiger partial charge in [-0.1, -0.05) is 31.2 Å². The van der Waals surface area contributed by atoms with Gasteiger partial charge in [-0.3, -0.25) is 4.79 Å². The van der Waals surface area contributed by atoms with Crippen LogP contribution in [0.15, 0.2) is 45.5 Å². The van der Waals surface area contributed by atoms with Gasteiger partial charge >= 0.3 is 0 Å². The molecule has 5 nitrogen and oxygen atoms in total. The summed E-state index contributed by atoms with van der Waals surface area (Å²) in [6.45, 7) is 4.11. The summed E-state index contributed by atoms with van der Waals surface area (Å²) in [5.74, 6) is 0.958. The number of benzene rings is 1. The molecule has 6 heteroatoms. The third kappa shape index (κ3) is 4.54. The lowest BCUT2D eigenvalue weighted by molar-refractivity contribution is -0.121. The van der Waals surface area contributed by atoms with Crippen LogP contribution in [0.2, 0.25) is 0 Å². The second kappa shape index (κ2) is 8.07. The van der Waals surface area contributed by atoms with E-state index >= 15 is 0 Å². The summed E-state index contributed by atoms with van der Waals surface area (Å²) in [5.41, 5.74) is 3.31. The molecule has 0 aliphatic rings. The highest BCUT2D eigenvalue weighted by molar-refractivity contribution is 7.08. The minimum Gasteiger partial charge on any atom is -0.421 e. The van der Waals surface area contributed by atoms with Crippen molar-refractivity contribution in [1.29, 1.82) is 0 Å². The lowest BCUT2D eigenvalue weighted by atomic mass is 10.0. The van der Waals surface area contributed by atoms with Gasteiger partial charge in [-0.05, 0) is 35.9 Å². The van der Waals surface area contributed by atoms with E-state index in [0.29, 0.717) is 24.6 Å². The third-order valence-electron chi connectivity index (χ3n) is 4.07. The van der Waals surface area contributed by atoms with Gasteiger partial charge < -0.3 is 9.73 Å². The minimum absolute atomic E-state index is 0.0255. The van der Waals surface area contributed by atoms with Gasteiger partial charge in [0.15, 0.2) is 0 Å². The van der Waals surface area contributed by atoms with E-state index in [1.165, 1.54) is 5.56 Å². The van der Waals surface area contributed by atoms with Crippen LogP contribution in [0.4, 0.5) is 0 Å². The Labute approximate surface area is 151 Å². The summed E-state index contributed by atoms with van der Waals surface area (Å²) in [5, 5.41) is 15.0. The molecule has 1 amide bonds. The Bertz CT molecular complexity index is 810. The van der Waals surface area contributed by atoms with Gasteiger partial charge in [0.05, 0.1) is 6.04 Å². The Morgan fingerprint density at radius 2 is 2.04 bits per heavy atom. The average Bonchev–Trinajstić information content (AvgIpc) is 3.31. The molecule has 1 atom stereocenters. The summed E-state index contributed by atoms with van der Waals surface area (Å²) in [6, 6.07) is 10.2. The molecule has 1 N–H and O–H groups in total. The lowest BCUT2D eigenvalue weighted by Gasteiger charge is -2.14. The van der Waals surface area contributed by atoms with E-state index in [0.717, 1.165) is 17.5 Å². The van der Waals surface area contributed by atoms with Crippen molar-refractivity contribution >= 4 is 17.2 Å².